The maximum absolute atomic E-state index is 9.55. The molecule has 5 heteroatoms. The summed E-state index contributed by atoms with van der Waals surface area (Å²) < 4.78 is 0. The van der Waals surface area contributed by atoms with Crippen molar-refractivity contribution in [3.05, 3.63) is 29.8 Å². The van der Waals surface area contributed by atoms with Crippen LogP contribution in [0.2, 0.25) is 0 Å². The van der Waals surface area contributed by atoms with Gasteiger partial charge in [-0.05, 0) is 12.1 Å². The van der Waals surface area contributed by atoms with E-state index in [2.05, 4.69) is 4.98 Å². The molecule has 2 aromatic rings. The summed E-state index contributed by atoms with van der Waals surface area (Å²) in [7, 11) is 0. The van der Waals surface area contributed by atoms with E-state index >= 15 is 0 Å². The lowest BCUT2D eigenvalue weighted by molar-refractivity contribution is 0.477. The summed E-state index contributed by atoms with van der Waals surface area (Å²) in [6, 6.07) is 5.06. The fraction of sp³-hybridized carbons (Fsp3) is 0. The van der Waals surface area contributed by atoms with Crippen LogP contribution in [0.1, 0.15) is 0 Å². The summed E-state index contributed by atoms with van der Waals surface area (Å²) in [6.07, 6.45) is 1.69. The summed E-state index contributed by atoms with van der Waals surface area (Å²) >= 11 is 1.45. The van der Waals surface area contributed by atoms with E-state index in [4.69, 9.17) is 5.73 Å². The SMILES string of the molecule is Br.Nc1cccc(O)c1-c1nccs1. The van der Waals surface area contributed by atoms with Crippen LogP contribution >= 0.6 is 28.3 Å². The van der Waals surface area contributed by atoms with Gasteiger partial charge in [-0.2, -0.15) is 0 Å². The van der Waals surface area contributed by atoms with Crippen molar-refractivity contribution in [1.82, 2.24) is 4.98 Å². The number of thiazole rings is 1. The van der Waals surface area contributed by atoms with E-state index in [-0.39, 0.29) is 22.7 Å². The number of phenolic OH excluding ortho intramolecular Hbond substituents is 1. The van der Waals surface area contributed by atoms with Crippen molar-refractivity contribution in [3.63, 3.8) is 0 Å². The maximum atomic E-state index is 9.55. The number of nitrogens with two attached hydrogens (primary N) is 1. The zero-order valence-electron chi connectivity index (χ0n) is 7.18. The molecule has 3 nitrogen and oxygen atoms in total. The van der Waals surface area contributed by atoms with Gasteiger partial charge in [0.05, 0.1) is 5.56 Å². The molecule has 2 rings (SSSR count). The summed E-state index contributed by atoms with van der Waals surface area (Å²) in [6.45, 7) is 0. The first-order valence-corrected chi connectivity index (χ1v) is 4.64. The van der Waals surface area contributed by atoms with Crippen molar-refractivity contribution in [2.45, 2.75) is 0 Å². The summed E-state index contributed by atoms with van der Waals surface area (Å²) in [5.74, 6) is 0.176. The molecule has 14 heavy (non-hydrogen) atoms. The number of benzene rings is 1. The van der Waals surface area contributed by atoms with Gasteiger partial charge >= 0.3 is 0 Å². The molecule has 0 aliphatic rings. The van der Waals surface area contributed by atoms with Gasteiger partial charge in [-0.3, -0.25) is 0 Å². The van der Waals surface area contributed by atoms with Crippen molar-refractivity contribution in [2.75, 3.05) is 5.73 Å². The van der Waals surface area contributed by atoms with E-state index in [1.807, 2.05) is 5.38 Å². The highest BCUT2D eigenvalue weighted by atomic mass is 79.9. The highest BCUT2D eigenvalue weighted by Gasteiger charge is 2.09. The standard InChI is InChI=1S/C9H8N2OS.BrH/c10-6-2-1-3-7(12)8(6)9-11-4-5-13-9;/h1-5,12H,10H2;1H. The van der Waals surface area contributed by atoms with Gasteiger partial charge in [0, 0.05) is 17.3 Å². The fourth-order valence-electron chi connectivity index (χ4n) is 1.14. The summed E-state index contributed by atoms with van der Waals surface area (Å²) in [5.41, 5.74) is 6.89. The van der Waals surface area contributed by atoms with E-state index < -0.39 is 0 Å². The van der Waals surface area contributed by atoms with Gasteiger partial charge < -0.3 is 10.8 Å². The topological polar surface area (TPSA) is 59.1 Å². The number of nitrogens with zero attached hydrogens (tertiary/aromatic N) is 1. The van der Waals surface area contributed by atoms with Crippen LogP contribution in [0.3, 0.4) is 0 Å². The molecule has 3 N–H and O–H groups in total. The molecule has 0 fully saturated rings. The van der Waals surface area contributed by atoms with Gasteiger partial charge in [0.25, 0.3) is 0 Å². The molecule has 0 spiro atoms. The molecule has 0 saturated heterocycles. The predicted molar refractivity (Wildman–Crippen MR) is 63.9 cm³/mol. The third-order valence-corrected chi connectivity index (χ3v) is 2.51. The van der Waals surface area contributed by atoms with E-state index in [1.54, 1.807) is 24.4 Å². The van der Waals surface area contributed by atoms with Crippen LogP contribution in [-0.4, -0.2) is 10.1 Å². The van der Waals surface area contributed by atoms with Crippen LogP contribution in [0.15, 0.2) is 29.8 Å². The van der Waals surface area contributed by atoms with Gasteiger partial charge in [0.2, 0.25) is 0 Å². The lowest BCUT2D eigenvalue weighted by Crippen LogP contribution is -1.89. The number of aromatic hydroxyl groups is 1. The first-order chi connectivity index (χ1) is 6.29. The average molecular weight is 273 g/mol. The average Bonchev–Trinajstić information content (AvgIpc) is 2.57. The number of nitrogen functional groups attached to an aromatic ring is 1. The lowest BCUT2D eigenvalue weighted by Gasteiger charge is -2.03. The third kappa shape index (κ3) is 1.88. The molecule has 1 aromatic carbocycles. The number of halogens is 1. The Morgan fingerprint density at radius 1 is 1.36 bits per heavy atom. The number of hydrogen-bond acceptors (Lipinski definition) is 4. The molecule has 0 bridgehead atoms. The maximum Gasteiger partial charge on any atom is 0.129 e. The van der Waals surface area contributed by atoms with Gasteiger partial charge in [0.15, 0.2) is 0 Å². The number of hydrogen-bond donors (Lipinski definition) is 2. The van der Waals surface area contributed by atoms with Crippen molar-refractivity contribution in [1.29, 1.82) is 0 Å². The predicted octanol–water partition coefficient (Wildman–Crippen LogP) is 2.68. The summed E-state index contributed by atoms with van der Waals surface area (Å²) in [4.78, 5) is 4.09. The third-order valence-electron chi connectivity index (χ3n) is 1.72. The molecule has 0 unspecified atom stereocenters. The van der Waals surface area contributed by atoms with Crippen molar-refractivity contribution in [2.24, 2.45) is 0 Å². The molecular weight excluding hydrogens is 264 g/mol. The molecule has 0 atom stereocenters. The largest absolute Gasteiger partial charge is 0.507 e. The minimum absolute atomic E-state index is 0. The molecule has 1 heterocycles. The monoisotopic (exact) mass is 272 g/mol. The molecule has 0 aliphatic heterocycles. The highest BCUT2D eigenvalue weighted by molar-refractivity contribution is 8.93. The first kappa shape index (κ1) is 11.0. The van der Waals surface area contributed by atoms with Crippen LogP contribution < -0.4 is 5.73 Å². The van der Waals surface area contributed by atoms with Gasteiger partial charge in [-0.25, -0.2) is 4.98 Å². The van der Waals surface area contributed by atoms with Crippen LogP contribution in [0, 0.1) is 0 Å². The Morgan fingerprint density at radius 2 is 2.14 bits per heavy atom. The molecular formula is C9H9BrN2OS. The number of phenols is 1. The van der Waals surface area contributed by atoms with E-state index in [1.165, 1.54) is 11.3 Å². The highest BCUT2D eigenvalue weighted by Crippen LogP contribution is 2.35. The van der Waals surface area contributed by atoms with Crippen LogP contribution in [-0.2, 0) is 0 Å². The quantitative estimate of drug-likeness (QED) is 0.785. The number of aromatic nitrogens is 1. The van der Waals surface area contributed by atoms with Crippen LogP contribution in [0.5, 0.6) is 5.75 Å². The molecule has 74 valence electrons. The van der Waals surface area contributed by atoms with Crippen LogP contribution in [0.4, 0.5) is 5.69 Å². The Morgan fingerprint density at radius 3 is 2.71 bits per heavy atom. The molecule has 0 aliphatic carbocycles. The Labute approximate surface area is 96.0 Å². The second kappa shape index (κ2) is 4.43. The molecule has 0 saturated carbocycles. The minimum Gasteiger partial charge on any atom is -0.507 e. The second-order valence-corrected chi connectivity index (χ2v) is 3.47. The van der Waals surface area contributed by atoms with Gasteiger partial charge in [-0.15, -0.1) is 28.3 Å². The Kier molecular flexibility index (Phi) is 3.49. The minimum atomic E-state index is 0. The van der Waals surface area contributed by atoms with Crippen molar-refractivity contribution < 1.29 is 5.11 Å². The van der Waals surface area contributed by atoms with E-state index in [0.29, 0.717) is 11.3 Å². The van der Waals surface area contributed by atoms with Crippen LogP contribution in [0.25, 0.3) is 10.6 Å². The smallest absolute Gasteiger partial charge is 0.129 e. The first-order valence-electron chi connectivity index (χ1n) is 3.76. The van der Waals surface area contributed by atoms with Crippen molar-refractivity contribution >= 4 is 34.0 Å². The summed E-state index contributed by atoms with van der Waals surface area (Å²) in [5, 5.41) is 12.1. The number of anilines is 1. The molecule has 0 amide bonds. The Bertz CT molecular complexity index is 397. The second-order valence-electron chi connectivity index (χ2n) is 2.58. The van der Waals surface area contributed by atoms with Gasteiger partial charge in [0.1, 0.15) is 10.8 Å². The van der Waals surface area contributed by atoms with E-state index in [9.17, 15) is 5.11 Å². The van der Waals surface area contributed by atoms with Gasteiger partial charge in [-0.1, -0.05) is 6.07 Å². The zero-order valence-corrected chi connectivity index (χ0v) is 9.70. The molecule has 1 aromatic heterocycles. The van der Waals surface area contributed by atoms with E-state index in [0.717, 1.165) is 5.01 Å². The lowest BCUT2D eigenvalue weighted by atomic mass is 10.1. The zero-order chi connectivity index (χ0) is 9.26. The van der Waals surface area contributed by atoms with Crippen molar-refractivity contribution in [3.8, 4) is 16.3 Å². The fourth-order valence-corrected chi connectivity index (χ4v) is 1.85. The Hall–Kier alpha value is -1.07. The normalized spacial score (nSPS) is 9.43. The number of rotatable bonds is 1. The Balaban J connectivity index is 0.000000980. The molecule has 0 radical (unpaired) electrons.